The molecule has 5 heteroatoms. The van der Waals surface area contributed by atoms with E-state index in [1.807, 2.05) is 38.4 Å². The van der Waals surface area contributed by atoms with Gasteiger partial charge in [0.2, 0.25) is 0 Å². The molecule has 1 aliphatic rings. The number of rotatable bonds is 7. The number of methoxy groups -OCH3 is 1. The van der Waals surface area contributed by atoms with Crippen LogP contribution in [0.3, 0.4) is 0 Å². The van der Waals surface area contributed by atoms with Crippen LogP contribution in [0.15, 0.2) is 24.3 Å². The number of likely N-dealkylation sites (N-methyl/N-ethyl adjacent to an activating group) is 1. The smallest absolute Gasteiger partial charge is 0.256 e. The molecule has 24 heavy (non-hydrogen) atoms. The Morgan fingerprint density at radius 1 is 1.33 bits per heavy atom. The summed E-state index contributed by atoms with van der Waals surface area (Å²) < 4.78 is 11.3. The SMILES string of the molecule is CO[C@]1(C(=O)Nc2ccc(OCCN(C)C)cc2)CCC[C@H](C)C1. The molecule has 1 aromatic rings. The number of nitrogens with zero attached hydrogens (tertiary/aromatic N) is 1. The minimum absolute atomic E-state index is 0.0437. The minimum Gasteiger partial charge on any atom is -0.492 e. The van der Waals surface area contributed by atoms with E-state index in [2.05, 4.69) is 17.1 Å². The maximum absolute atomic E-state index is 12.7. The Kier molecular flexibility index (Phi) is 6.63. The van der Waals surface area contributed by atoms with E-state index in [4.69, 9.17) is 9.47 Å². The molecule has 1 fully saturated rings. The van der Waals surface area contributed by atoms with Crippen molar-refractivity contribution in [2.45, 2.75) is 38.2 Å². The van der Waals surface area contributed by atoms with Crippen molar-refractivity contribution in [1.29, 1.82) is 0 Å². The molecular formula is C19H30N2O3. The van der Waals surface area contributed by atoms with Crippen LogP contribution in [0.2, 0.25) is 0 Å². The molecule has 0 spiro atoms. The van der Waals surface area contributed by atoms with E-state index in [-0.39, 0.29) is 5.91 Å². The third-order valence-corrected chi connectivity index (χ3v) is 4.68. The van der Waals surface area contributed by atoms with Crippen LogP contribution in [0.1, 0.15) is 32.6 Å². The molecule has 0 bridgehead atoms. The van der Waals surface area contributed by atoms with Crippen LogP contribution in [0, 0.1) is 5.92 Å². The molecule has 0 radical (unpaired) electrons. The monoisotopic (exact) mass is 334 g/mol. The number of nitrogens with one attached hydrogen (secondary N) is 1. The van der Waals surface area contributed by atoms with Gasteiger partial charge < -0.3 is 19.7 Å². The summed E-state index contributed by atoms with van der Waals surface area (Å²) in [5, 5.41) is 3.00. The number of ether oxygens (including phenoxy) is 2. The number of hydrogen-bond acceptors (Lipinski definition) is 4. The van der Waals surface area contributed by atoms with Crippen LogP contribution in [0.25, 0.3) is 0 Å². The predicted octanol–water partition coefficient (Wildman–Crippen LogP) is 3.16. The molecule has 1 saturated carbocycles. The molecule has 1 aliphatic carbocycles. The second-order valence-electron chi connectivity index (χ2n) is 7.03. The molecule has 1 amide bonds. The van der Waals surface area contributed by atoms with Gasteiger partial charge in [-0.3, -0.25) is 4.79 Å². The van der Waals surface area contributed by atoms with Crippen molar-refractivity contribution in [3.63, 3.8) is 0 Å². The number of hydrogen-bond donors (Lipinski definition) is 1. The molecule has 2 atom stereocenters. The summed E-state index contributed by atoms with van der Waals surface area (Å²) >= 11 is 0. The number of benzene rings is 1. The van der Waals surface area contributed by atoms with Gasteiger partial charge in [-0.2, -0.15) is 0 Å². The molecule has 134 valence electrons. The van der Waals surface area contributed by atoms with E-state index in [0.717, 1.165) is 43.7 Å². The quantitative estimate of drug-likeness (QED) is 0.832. The fraction of sp³-hybridized carbons (Fsp3) is 0.632. The molecule has 0 heterocycles. The average Bonchev–Trinajstić information content (AvgIpc) is 2.56. The van der Waals surface area contributed by atoms with Crippen molar-refractivity contribution in [2.75, 3.05) is 39.7 Å². The summed E-state index contributed by atoms with van der Waals surface area (Å²) in [5.74, 6) is 1.28. The van der Waals surface area contributed by atoms with Gasteiger partial charge in [-0.05, 0) is 63.5 Å². The zero-order valence-corrected chi connectivity index (χ0v) is 15.3. The molecule has 1 aromatic carbocycles. The fourth-order valence-corrected chi connectivity index (χ4v) is 3.21. The Bertz CT molecular complexity index is 530. The molecule has 2 rings (SSSR count). The molecule has 0 aliphatic heterocycles. The first kappa shape index (κ1) is 18.7. The molecule has 0 unspecified atom stereocenters. The van der Waals surface area contributed by atoms with Gasteiger partial charge in [0.1, 0.15) is 18.0 Å². The van der Waals surface area contributed by atoms with E-state index in [0.29, 0.717) is 12.5 Å². The number of anilines is 1. The van der Waals surface area contributed by atoms with E-state index < -0.39 is 5.60 Å². The summed E-state index contributed by atoms with van der Waals surface area (Å²) in [7, 11) is 5.67. The first-order valence-electron chi connectivity index (χ1n) is 8.69. The first-order valence-corrected chi connectivity index (χ1v) is 8.69. The van der Waals surface area contributed by atoms with Crippen LogP contribution in [0.4, 0.5) is 5.69 Å². The topological polar surface area (TPSA) is 50.8 Å². The highest BCUT2D eigenvalue weighted by Crippen LogP contribution is 2.35. The highest BCUT2D eigenvalue weighted by atomic mass is 16.5. The lowest BCUT2D eigenvalue weighted by Crippen LogP contribution is -2.47. The van der Waals surface area contributed by atoms with Crippen LogP contribution in [-0.2, 0) is 9.53 Å². The van der Waals surface area contributed by atoms with Crippen LogP contribution >= 0.6 is 0 Å². The second kappa shape index (κ2) is 8.49. The second-order valence-corrected chi connectivity index (χ2v) is 7.03. The van der Waals surface area contributed by atoms with Crippen molar-refractivity contribution < 1.29 is 14.3 Å². The van der Waals surface area contributed by atoms with Gasteiger partial charge in [-0.15, -0.1) is 0 Å². The standard InChI is InChI=1S/C19H30N2O3/c1-15-6-5-11-19(14-15,23-4)18(22)20-16-7-9-17(10-8-16)24-13-12-21(2)3/h7-10,15H,5-6,11-14H2,1-4H3,(H,20,22)/t15-,19+/m0/s1. The number of carbonyl (C=O) groups is 1. The summed E-state index contributed by atoms with van der Waals surface area (Å²) in [6, 6.07) is 7.51. The Balaban J connectivity index is 1.93. The Morgan fingerprint density at radius 3 is 2.62 bits per heavy atom. The van der Waals surface area contributed by atoms with Crippen molar-refractivity contribution in [2.24, 2.45) is 5.92 Å². The van der Waals surface area contributed by atoms with E-state index >= 15 is 0 Å². The Labute approximate surface area is 145 Å². The predicted molar refractivity (Wildman–Crippen MR) is 96.5 cm³/mol. The van der Waals surface area contributed by atoms with Crippen LogP contribution in [-0.4, -0.2) is 50.8 Å². The third-order valence-electron chi connectivity index (χ3n) is 4.68. The zero-order chi connectivity index (χ0) is 17.6. The maximum atomic E-state index is 12.7. The average molecular weight is 334 g/mol. The van der Waals surface area contributed by atoms with Crippen LogP contribution < -0.4 is 10.1 Å². The molecule has 1 N–H and O–H groups in total. The zero-order valence-electron chi connectivity index (χ0n) is 15.3. The van der Waals surface area contributed by atoms with Crippen LogP contribution in [0.5, 0.6) is 5.75 Å². The Morgan fingerprint density at radius 2 is 2.04 bits per heavy atom. The lowest BCUT2D eigenvalue weighted by molar-refractivity contribution is -0.143. The van der Waals surface area contributed by atoms with E-state index in [1.165, 1.54) is 0 Å². The summed E-state index contributed by atoms with van der Waals surface area (Å²) in [6.07, 6.45) is 3.75. The minimum atomic E-state index is -0.696. The van der Waals surface area contributed by atoms with Gasteiger partial charge in [-0.1, -0.05) is 13.3 Å². The van der Waals surface area contributed by atoms with Crippen molar-refractivity contribution >= 4 is 11.6 Å². The first-order chi connectivity index (χ1) is 11.4. The maximum Gasteiger partial charge on any atom is 0.256 e. The van der Waals surface area contributed by atoms with Crippen molar-refractivity contribution in [3.8, 4) is 5.75 Å². The van der Waals surface area contributed by atoms with Gasteiger partial charge in [0.15, 0.2) is 0 Å². The number of amides is 1. The van der Waals surface area contributed by atoms with Crippen molar-refractivity contribution in [3.05, 3.63) is 24.3 Å². The molecular weight excluding hydrogens is 304 g/mol. The van der Waals surface area contributed by atoms with Crippen molar-refractivity contribution in [1.82, 2.24) is 4.90 Å². The normalized spacial score (nSPS) is 24.0. The Hall–Kier alpha value is -1.59. The highest BCUT2D eigenvalue weighted by molar-refractivity contribution is 5.97. The summed E-state index contributed by atoms with van der Waals surface area (Å²) in [6.45, 7) is 3.69. The lowest BCUT2D eigenvalue weighted by atomic mass is 9.78. The third kappa shape index (κ3) is 4.95. The van der Waals surface area contributed by atoms with Gasteiger partial charge in [-0.25, -0.2) is 0 Å². The molecule has 5 nitrogen and oxygen atoms in total. The summed E-state index contributed by atoms with van der Waals surface area (Å²) in [4.78, 5) is 14.8. The number of carbonyl (C=O) groups excluding carboxylic acids is 1. The highest BCUT2D eigenvalue weighted by Gasteiger charge is 2.41. The largest absolute Gasteiger partial charge is 0.492 e. The molecule has 0 aromatic heterocycles. The van der Waals surface area contributed by atoms with Gasteiger partial charge in [0, 0.05) is 19.3 Å². The summed E-state index contributed by atoms with van der Waals surface area (Å²) in [5.41, 5.74) is 0.0769. The van der Waals surface area contributed by atoms with E-state index in [9.17, 15) is 4.79 Å². The lowest BCUT2D eigenvalue weighted by Gasteiger charge is -2.37. The van der Waals surface area contributed by atoms with E-state index in [1.54, 1.807) is 7.11 Å². The van der Waals surface area contributed by atoms with Gasteiger partial charge >= 0.3 is 0 Å². The fourth-order valence-electron chi connectivity index (χ4n) is 3.21. The van der Waals surface area contributed by atoms with Gasteiger partial charge in [0.05, 0.1) is 0 Å². The van der Waals surface area contributed by atoms with Gasteiger partial charge in [0.25, 0.3) is 5.91 Å². The molecule has 0 saturated heterocycles.